The lowest BCUT2D eigenvalue weighted by Gasteiger charge is -2.34. The molecule has 1 fully saturated rings. The molecule has 1 N–H and O–H groups in total. The lowest BCUT2D eigenvalue weighted by Crippen LogP contribution is -2.49. The van der Waals surface area contributed by atoms with Gasteiger partial charge in [0.05, 0.1) is 25.3 Å². The van der Waals surface area contributed by atoms with Crippen molar-refractivity contribution in [1.29, 1.82) is 0 Å². The molecule has 0 bridgehead atoms. The summed E-state index contributed by atoms with van der Waals surface area (Å²) in [5.41, 5.74) is 0. The average Bonchev–Trinajstić information content (AvgIpc) is 2.03. The highest BCUT2D eigenvalue weighted by molar-refractivity contribution is 9.09. The number of rotatable bonds is 1. The molecule has 1 rings (SSSR count). The number of carbonyl (C=O) groups is 1. The molecular formula is C7H12BrNO3. The van der Waals surface area contributed by atoms with Crippen LogP contribution in [0.3, 0.4) is 0 Å². The van der Waals surface area contributed by atoms with Gasteiger partial charge in [0.15, 0.2) is 0 Å². The maximum absolute atomic E-state index is 10.6. The van der Waals surface area contributed by atoms with Crippen molar-refractivity contribution >= 4 is 22.0 Å². The molecule has 0 radical (unpaired) electrons. The van der Waals surface area contributed by atoms with Crippen LogP contribution in [0.15, 0.2) is 0 Å². The first-order chi connectivity index (χ1) is 5.63. The third-order valence-corrected chi connectivity index (χ3v) is 2.49. The van der Waals surface area contributed by atoms with E-state index in [1.807, 2.05) is 6.92 Å². The topological polar surface area (TPSA) is 49.8 Å². The Bertz CT molecular complexity index is 176. The number of carboxylic acid groups (broad SMARTS) is 1. The maximum Gasteiger partial charge on any atom is 0.407 e. The van der Waals surface area contributed by atoms with E-state index < -0.39 is 6.09 Å². The largest absolute Gasteiger partial charge is 0.465 e. The van der Waals surface area contributed by atoms with Crippen LogP contribution in [0.4, 0.5) is 4.79 Å². The van der Waals surface area contributed by atoms with Gasteiger partial charge in [-0.15, -0.1) is 0 Å². The summed E-state index contributed by atoms with van der Waals surface area (Å²) in [6.45, 7) is 2.81. The number of ether oxygens (including phenoxy) is 1. The Morgan fingerprint density at radius 3 is 2.92 bits per heavy atom. The molecule has 0 aromatic heterocycles. The van der Waals surface area contributed by atoms with Gasteiger partial charge >= 0.3 is 6.09 Å². The second kappa shape index (κ2) is 4.09. The van der Waals surface area contributed by atoms with Crippen molar-refractivity contribution in [1.82, 2.24) is 4.90 Å². The van der Waals surface area contributed by atoms with Gasteiger partial charge in [-0.3, -0.25) is 0 Å². The van der Waals surface area contributed by atoms with Crippen molar-refractivity contribution in [3.05, 3.63) is 0 Å². The summed E-state index contributed by atoms with van der Waals surface area (Å²) < 4.78 is 5.46. The zero-order valence-electron chi connectivity index (χ0n) is 6.86. The zero-order chi connectivity index (χ0) is 9.14. The van der Waals surface area contributed by atoms with E-state index in [0.29, 0.717) is 18.4 Å². The van der Waals surface area contributed by atoms with E-state index >= 15 is 0 Å². The minimum atomic E-state index is -0.865. The molecule has 5 heteroatoms. The van der Waals surface area contributed by atoms with E-state index in [9.17, 15) is 4.79 Å². The van der Waals surface area contributed by atoms with Crippen molar-refractivity contribution in [2.75, 3.05) is 18.4 Å². The van der Waals surface area contributed by atoms with E-state index in [4.69, 9.17) is 9.84 Å². The quantitative estimate of drug-likeness (QED) is 0.697. The highest BCUT2D eigenvalue weighted by Gasteiger charge is 2.27. The van der Waals surface area contributed by atoms with Crippen LogP contribution >= 0.6 is 15.9 Å². The third kappa shape index (κ3) is 2.35. The molecule has 12 heavy (non-hydrogen) atoms. The number of morpholine rings is 1. The van der Waals surface area contributed by atoms with Gasteiger partial charge in [0.1, 0.15) is 0 Å². The SMILES string of the molecule is C[C@H]1CN(C(=O)O)C[C@@H](CBr)O1. The van der Waals surface area contributed by atoms with Crippen LogP contribution in [0.25, 0.3) is 0 Å². The minimum Gasteiger partial charge on any atom is -0.465 e. The summed E-state index contributed by atoms with van der Waals surface area (Å²) in [5, 5.41) is 9.41. The van der Waals surface area contributed by atoms with Crippen LogP contribution in [0.2, 0.25) is 0 Å². The fraction of sp³-hybridized carbons (Fsp3) is 0.857. The summed E-state index contributed by atoms with van der Waals surface area (Å²) in [6.07, 6.45) is -0.877. The van der Waals surface area contributed by atoms with Crippen LogP contribution < -0.4 is 0 Å². The first-order valence-electron chi connectivity index (χ1n) is 3.82. The van der Waals surface area contributed by atoms with Crippen molar-refractivity contribution in [2.24, 2.45) is 0 Å². The summed E-state index contributed by atoms with van der Waals surface area (Å²) in [6, 6.07) is 0. The van der Waals surface area contributed by atoms with Crippen molar-refractivity contribution in [3.8, 4) is 0 Å². The van der Waals surface area contributed by atoms with E-state index in [-0.39, 0.29) is 12.2 Å². The summed E-state index contributed by atoms with van der Waals surface area (Å²) in [4.78, 5) is 12.0. The Morgan fingerprint density at radius 1 is 1.75 bits per heavy atom. The number of hydrogen-bond donors (Lipinski definition) is 1. The highest BCUT2D eigenvalue weighted by atomic mass is 79.9. The minimum absolute atomic E-state index is 0.00241. The first-order valence-corrected chi connectivity index (χ1v) is 4.95. The second-order valence-electron chi connectivity index (χ2n) is 2.91. The van der Waals surface area contributed by atoms with Gasteiger partial charge in [0, 0.05) is 5.33 Å². The molecule has 0 spiro atoms. The van der Waals surface area contributed by atoms with E-state index in [0.717, 1.165) is 0 Å². The molecule has 0 aromatic carbocycles. The average molecular weight is 238 g/mol. The normalized spacial score (nSPS) is 30.3. The summed E-state index contributed by atoms with van der Waals surface area (Å²) in [5.74, 6) is 0. The number of nitrogens with zero attached hydrogens (tertiary/aromatic N) is 1. The molecule has 0 unspecified atom stereocenters. The first kappa shape index (κ1) is 9.80. The number of hydrogen-bond acceptors (Lipinski definition) is 2. The molecule has 0 aliphatic carbocycles. The fourth-order valence-electron chi connectivity index (χ4n) is 1.29. The summed E-state index contributed by atoms with van der Waals surface area (Å²) >= 11 is 3.27. The molecule has 0 saturated carbocycles. The molecule has 1 heterocycles. The number of alkyl halides is 1. The zero-order valence-corrected chi connectivity index (χ0v) is 8.45. The Morgan fingerprint density at radius 2 is 2.42 bits per heavy atom. The van der Waals surface area contributed by atoms with Crippen molar-refractivity contribution in [3.63, 3.8) is 0 Å². The van der Waals surface area contributed by atoms with Gasteiger partial charge in [-0.05, 0) is 6.92 Å². The second-order valence-corrected chi connectivity index (χ2v) is 3.56. The summed E-state index contributed by atoms with van der Waals surface area (Å²) in [7, 11) is 0. The van der Waals surface area contributed by atoms with Gasteiger partial charge in [-0.25, -0.2) is 4.79 Å². The third-order valence-electron chi connectivity index (χ3n) is 1.77. The molecule has 0 aromatic rings. The Labute approximate surface area is 79.6 Å². The lowest BCUT2D eigenvalue weighted by molar-refractivity contribution is -0.0576. The predicted molar refractivity (Wildman–Crippen MR) is 47.7 cm³/mol. The lowest BCUT2D eigenvalue weighted by atomic mass is 10.2. The smallest absolute Gasteiger partial charge is 0.407 e. The molecule has 1 aliphatic rings. The van der Waals surface area contributed by atoms with E-state index in [2.05, 4.69) is 15.9 Å². The Hall–Kier alpha value is -0.290. The standard InChI is InChI=1S/C7H12BrNO3/c1-5-3-9(7(10)11)4-6(2-8)12-5/h5-6H,2-4H2,1H3,(H,10,11)/t5-,6+/m0/s1. The van der Waals surface area contributed by atoms with Gasteiger partial charge in [-0.2, -0.15) is 0 Å². The Balaban J connectivity index is 2.51. The molecule has 4 nitrogen and oxygen atoms in total. The number of halogens is 1. The fourth-order valence-corrected chi connectivity index (χ4v) is 1.64. The van der Waals surface area contributed by atoms with Crippen LogP contribution in [0.1, 0.15) is 6.92 Å². The highest BCUT2D eigenvalue weighted by Crippen LogP contribution is 2.12. The Kier molecular flexibility index (Phi) is 3.34. The van der Waals surface area contributed by atoms with Crippen molar-refractivity contribution < 1.29 is 14.6 Å². The molecule has 70 valence electrons. The number of amides is 1. The van der Waals surface area contributed by atoms with Crippen LogP contribution in [-0.2, 0) is 4.74 Å². The van der Waals surface area contributed by atoms with E-state index in [1.54, 1.807) is 0 Å². The molecule has 1 saturated heterocycles. The molecule has 1 amide bonds. The molecule has 2 atom stereocenters. The molecular weight excluding hydrogens is 226 g/mol. The van der Waals surface area contributed by atoms with Crippen LogP contribution in [-0.4, -0.2) is 46.7 Å². The van der Waals surface area contributed by atoms with Gasteiger partial charge in [0.2, 0.25) is 0 Å². The predicted octanol–water partition coefficient (Wildman–Crippen LogP) is 1.15. The maximum atomic E-state index is 10.6. The van der Waals surface area contributed by atoms with Gasteiger partial charge < -0.3 is 14.7 Å². The monoisotopic (exact) mass is 237 g/mol. The van der Waals surface area contributed by atoms with Crippen LogP contribution in [0, 0.1) is 0 Å². The van der Waals surface area contributed by atoms with Gasteiger partial charge in [-0.1, -0.05) is 15.9 Å². The van der Waals surface area contributed by atoms with Gasteiger partial charge in [0.25, 0.3) is 0 Å². The molecule has 1 aliphatic heterocycles. The van der Waals surface area contributed by atoms with Crippen molar-refractivity contribution in [2.45, 2.75) is 19.1 Å². The van der Waals surface area contributed by atoms with E-state index in [1.165, 1.54) is 4.90 Å². The van der Waals surface area contributed by atoms with Crippen LogP contribution in [0.5, 0.6) is 0 Å².